The van der Waals surface area contributed by atoms with Crippen LogP contribution in [0.1, 0.15) is 32.9 Å². The number of amides is 1. The minimum atomic E-state index is -0.193. The number of para-hydroxylation sites is 1. The van der Waals surface area contributed by atoms with Crippen molar-refractivity contribution in [2.45, 2.75) is 20.3 Å². The van der Waals surface area contributed by atoms with Gasteiger partial charge in [-0.15, -0.1) is 0 Å². The van der Waals surface area contributed by atoms with E-state index in [0.717, 1.165) is 17.7 Å². The molecule has 0 bridgehead atoms. The van der Waals surface area contributed by atoms with Gasteiger partial charge in [0.2, 0.25) is 0 Å². The van der Waals surface area contributed by atoms with Gasteiger partial charge in [-0.1, -0.05) is 53.7 Å². The van der Waals surface area contributed by atoms with E-state index in [-0.39, 0.29) is 5.91 Å². The summed E-state index contributed by atoms with van der Waals surface area (Å²) in [6, 6.07) is 18.0. The first-order chi connectivity index (χ1) is 11.1. The van der Waals surface area contributed by atoms with Crippen molar-refractivity contribution in [3.05, 3.63) is 82.7 Å². The van der Waals surface area contributed by atoms with Gasteiger partial charge in [0.1, 0.15) is 11.3 Å². The highest BCUT2D eigenvalue weighted by molar-refractivity contribution is 6.06. The molecule has 1 amide bonds. The van der Waals surface area contributed by atoms with Crippen molar-refractivity contribution in [3.8, 4) is 0 Å². The van der Waals surface area contributed by atoms with Gasteiger partial charge < -0.3 is 9.84 Å². The highest BCUT2D eigenvalue weighted by Gasteiger charge is 2.18. The third kappa shape index (κ3) is 3.31. The smallest absolute Gasteiger partial charge is 0.261 e. The predicted octanol–water partition coefficient (Wildman–Crippen LogP) is 4.13. The number of benzene rings is 2. The van der Waals surface area contributed by atoms with Crippen LogP contribution in [0.5, 0.6) is 0 Å². The van der Waals surface area contributed by atoms with Crippen LogP contribution in [-0.2, 0) is 6.42 Å². The van der Waals surface area contributed by atoms with Crippen LogP contribution in [0.25, 0.3) is 0 Å². The maximum Gasteiger partial charge on any atom is 0.261 e. The van der Waals surface area contributed by atoms with E-state index in [1.165, 1.54) is 5.56 Å². The van der Waals surface area contributed by atoms with E-state index in [1.807, 2.05) is 42.5 Å². The summed E-state index contributed by atoms with van der Waals surface area (Å²) in [5.41, 5.74) is 4.17. The molecule has 0 radical (unpaired) electrons. The van der Waals surface area contributed by atoms with Crippen LogP contribution >= 0.6 is 0 Å². The van der Waals surface area contributed by atoms with Gasteiger partial charge in [-0.2, -0.15) is 0 Å². The molecule has 0 aliphatic heterocycles. The second-order valence-electron chi connectivity index (χ2n) is 5.47. The summed E-state index contributed by atoms with van der Waals surface area (Å²) in [6.45, 7) is 3.51. The average Bonchev–Trinajstić information content (AvgIpc) is 2.89. The molecule has 0 saturated heterocycles. The van der Waals surface area contributed by atoms with Crippen LogP contribution in [0.4, 0.5) is 5.69 Å². The standard InChI is InChI=1S/C19H18N2O2/c1-13-18(14(2)23-21-13)19(22)20-17-11-7-6-10-16(17)12-15-8-4-3-5-9-15/h3-11H,12H2,1-2H3,(H,20,22). The monoisotopic (exact) mass is 306 g/mol. The van der Waals surface area contributed by atoms with E-state index in [0.29, 0.717) is 17.0 Å². The molecule has 0 aliphatic rings. The number of hydrogen-bond acceptors (Lipinski definition) is 3. The fraction of sp³-hybridized carbons (Fsp3) is 0.158. The molecule has 2 aromatic carbocycles. The van der Waals surface area contributed by atoms with Crippen LogP contribution in [0, 0.1) is 13.8 Å². The number of nitrogens with one attached hydrogen (secondary N) is 1. The number of rotatable bonds is 4. The van der Waals surface area contributed by atoms with Crippen molar-refractivity contribution in [3.63, 3.8) is 0 Å². The third-order valence-electron chi connectivity index (χ3n) is 3.76. The summed E-state index contributed by atoms with van der Waals surface area (Å²) in [7, 11) is 0. The Morgan fingerprint density at radius 2 is 1.74 bits per heavy atom. The normalized spacial score (nSPS) is 10.5. The van der Waals surface area contributed by atoms with Crippen LogP contribution in [0.2, 0.25) is 0 Å². The summed E-state index contributed by atoms with van der Waals surface area (Å²) in [4.78, 5) is 12.5. The highest BCUT2D eigenvalue weighted by Crippen LogP contribution is 2.21. The van der Waals surface area contributed by atoms with Gasteiger partial charge in [-0.25, -0.2) is 0 Å². The Labute approximate surface area is 135 Å². The van der Waals surface area contributed by atoms with Crippen molar-refractivity contribution in [1.82, 2.24) is 5.16 Å². The van der Waals surface area contributed by atoms with Crippen LogP contribution < -0.4 is 5.32 Å². The molecule has 1 aromatic heterocycles. The zero-order chi connectivity index (χ0) is 16.2. The van der Waals surface area contributed by atoms with Gasteiger partial charge in [-0.05, 0) is 37.5 Å². The molecule has 116 valence electrons. The lowest BCUT2D eigenvalue weighted by atomic mass is 10.0. The number of carbonyl (C=O) groups is 1. The van der Waals surface area contributed by atoms with Crippen molar-refractivity contribution in [2.75, 3.05) is 5.32 Å². The van der Waals surface area contributed by atoms with Gasteiger partial charge in [0, 0.05) is 5.69 Å². The summed E-state index contributed by atoms with van der Waals surface area (Å²) in [5, 5.41) is 6.81. The second-order valence-corrected chi connectivity index (χ2v) is 5.47. The lowest BCUT2D eigenvalue weighted by Gasteiger charge is -2.11. The fourth-order valence-electron chi connectivity index (χ4n) is 2.60. The predicted molar refractivity (Wildman–Crippen MR) is 89.6 cm³/mol. The first-order valence-electron chi connectivity index (χ1n) is 7.51. The lowest BCUT2D eigenvalue weighted by molar-refractivity contribution is 0.102. The molecule has 1 heterocycles. The largest absolute Gasteiger partial charge is 0.361 e. The first kappa shape index (κ1) is 15.0. The van der Waals surface area contributed by atoms with Crippen LogP contribution in [-0.4, -0.2) is 11.1 Å². The summed E-state index contributed by atoms with van der Waals surface area (Å²) < 4.78 is 5.07. The van der Waals surface area contributed by atoms with Crippen molar-refractivity contribution >= 4 is 11.6 Å². The Balaban J connectivity index is 1.85. The number of aryl methyl sites for hydroxylation is 2. The minimum Gasteiger partial charge on any atom is -0.361 e. The van der Waals surface area contributed by atoms with Gasteiger partial charge in [0.25, 0.3) is 5.91 Å². The van der Waals surface area contributed by atoms with Gasteiger partial charge in [0.15, 0.2) is 0 Å². The van der Waals surface area contributed by atoms with E-state index >= 15 is 0 Å². The highest BCUT2D eigenvalue weighted by atomic mass is 16.5. The number of anilines is 1. The number of carbonyl (C=O) groups excluding carboxylic acids is 1. The molecule has 1 N–H and O–H groups in total. The number of nitrogens with zero attached hydrogens (tertiary/aromatic N) is 1. The zero-order valence-corrected chi connectivity index (χ0v) is 13.2. The number of aromatic nitrogens is 1. The Hall–Kier alpha value is -2.88. The summed E-state index contributed by atoms with van der Waals surface area (Å²) in [6.07, 6.45) is 0.763. The van der Waals surface area contributed by atoms with Crippen LogP contribution in [0.15, 0.2) is 59.1 Å². The van der Waals surface area contributed by atoms with E-state index in [4.69, 9.17) is 4.52 Å². The Kier molecular flexibility index (Phi) is 4.24. The minimum absolute atomic E-state index is 0.193. The van der Waals surface area contributed by atoms with E-state index < -0.39 is 0 Å². The average molecular weight is 306 g/mol. The van der Waals surface area contributed by atoms with Crippen molar-refractivity contribution in [1.29, 1.82) is 0 Å². The SMILES string of the molecule is Cc1noc(C)c1C(=O)Nc1ccccc1Cc1ccccc1. The number of hydrogen-bond donors (Lipinski definition) is 1. The molecule has 0 aliphatic carbocycles. The molecule has 0 spiro atoms. The molecule has 0 saturated carbocycles. The van der Waals surface area contributed by atoms with Gasteiger partial charge in [-0.3, -0.25) is 4.79 Å². The molecule has 4 nitrogen and oxygen atoms in total. The van der Waals surface area contributed by atoms with Crippen molar-refractivity contribution in [2.24, 2.45) is 0 Å². The zero-order valence-electron chi connectivity index (χ0n) is 13.2. The van der Waals surface area contributed by atoms with Gasteiger partial charge in [0.05, 0.1) is 5.69 Å². The second kappa shape index (κ2) is 6.48. The molecule has 3 rings (SSSR count). The third-order valence-corrected chi connectivity index (χ3v) is 3.76. The Bertz CT molecular complexity index is 803. The van der Waals surface area contributed by atoms with E-state index in [9.17, 15) is 4.79 Å². The van der Waals surface area contributed by atoms with Crippen molar-refractivity contribution < 1.29 is 9.32 Å². The first-order valence-corrected chi connectivity index (χ1v) is 7.51. The maximum atomic E-state index is 12.5. The maximum absolute atomic E-state index is 12.5. The molecule has 23 heavy (non-hydrogen) atoms. The van der Waals surface area contributed by atoms with Crippen LogP contribution in [0.3, 0.4) is 0 Å². The van der Waals surface area contributed by atoms with Gasteiger partial charge >= 0.3 is 0 Å². The lowest BCUT2D eigenvalue weighted by Crippen LogP contribution is -2.15. The summed E-state index contributed by atoms with van der Waals surface area (Å²) in [5.74, 6) is 0.335. The fourth-order valence-corrected chi connectivity index (χ4v) is 2.60. The molecule has 0 atom stereocenters. The molecular weight excluding hydrogens is 288 g/mol. The molecule has 0 fully saturated rings. The molecule has 0 unspecified atom stereocenters. The molecular formula is C19H18N2O2. The van der Waals surface area contributed by atoms with E-state index in [1.54, 1.807) is 13.8 Å². The molecule has 4 heteroatoms. The molecule has 3 aromatic rings. The Morgan fingerprint density at radius 1 is 1.04 bits per heavy atom. The summed E-state index contributed by atoms with van der Waals surface area (Å²) >= 11 is 0. The Morgan fingerprint density at radius 3 is 2.43 bits per heavy atom. The topological polar surface area (TPSA) is 55.1 Å². The quantitative estimate of drug-likeness (QED) is 0.788. The van der Waals surface area contributed by atoms with E-state index in [2.05, 4.69) is 22.6 Å².